The second-order valence-electron chi connectivity index (χ2n) is 5.41. The van der Waals surface area contributed by atoms with E-state index in [2.05, 4.69) is 0 Å². The van der Waals surface area contributed by atoms with Crippen molar-refractivity contribution in [2.45, 2.75) is 12.8 Å². The fraction of sp³-hybridized carbons (Fsp3) is 0.105. The fourth-order valence-corrected chi connectivity index (χ4v) is 2.61. The number of phenols is 1. The number of rotatable bonds is 3. The first-order valence-corrected chi connectivity index (χ1v) is 7.41. The van der Waals surface area contributed by atoms with Crippen LogP contribution in [0, 0.1) is 0 Å². The van der Waals surface area contributed by atoms with Gasteiger partial charge in [-0.2, -0.15) is 13.2 Å². The predicted octanol–water partition coefficient (Wildman–Crippen LogP) is 4.92. The lowest BCUT2D eigenvalue weighted by atomic mass is 10.0. The SMILES string of the molecule is O=C(OCc1ccccc1C(F)(F)F)c1c(O)ccc2ccccc12. The summed E-state index contributed by atoms with van der Waals surface area (Å²) in [5.41, 5.74) is -1.07. The maximum Gasteiger partial charge on any atom is 0.416 e. The lowest BCUT2D eigenvalue weighted by Gasteiger charge is -2.13. The summed E-state index contributed by atoms with van der Waals surface area (Å²) < 4.78 is 44.0. The molecule has 0 unspecified atom stereocenters. The Balaban J connectivity index is 1.89. The molecule has 0 aliphatic heterocycles. The van der Waals surface area contributed by atoms with E-state index in [9.17, 15) is 23.1 Å². The van der Waals surface area contributed by atoms with Crippen molar-refractivity contribution in [1.29, 1.82) is 0 Å². The van der Waals surface area contributed by atoms with Crippen LogP contribution >= 0.6 is 0 Å². The molecule has 3 nitrogen and oxygen atoms in total. The average Bonchev–Trinajstić information content (AvgIpc) is 2.59. The first kappa shape index (κ1) is 16.8. The molecular formula is C19H13F3O3. The van der Waals surface area contributed by atoms with Crippen LogP contribution in [0.2, 0.25) is 0 Å². The van der Waals surface area contributed by atoms with E-state index in [0.717, 1.165) is 6.07 Å². The number of aromatic hydroxyl groups is 1. The molecule has 0 bridgehead atoms. The largest absolute Gasteiger partial charge is 0.507 e. The number of ether oxygens (including phenoxy) is 1. The minimum atomic E-state index is -4.54. The number of halogens is 3. The maximum absolute atomic E-state index is 13.0. The van der Waals surface area contributed by atoms with Crippen LogP contribution in [0.1, 0.15) is 21.5 Å². The van der Waals surface area contributed by atoms with Crippen molar-refractivity contribution in [3.8, 4) is 5.75 Å². The van der Waals surface area contributed by atoms with Gasteiger partial charge in [-0.05, 0) is 22.9 Å². The number of phenolic OH excluding ortho intramolecular Hbond substituents is 1. The Bertz CT molecular complexity index is 933. The Morgan fingerprint density at radius 1 is 0.960 bits per heavy atom. The van der Waals surface area contributed by atoms with Crippen LogP contribution < -0.4 is 0 Å². The van der Waals surface area contributed by atoms with Crippen LogP contribution in [0.3, 0.4) is 0 Å². The molecular weight excluding hydrogens is 333 g/mol. The molecule has 1 N–H and O–H groups in total. The highest BCUT2D eigenvalue weighted by Crippen LogP contribution is 2.33. The van der Waals surface area contributed by atoms with Gasteiger partial charge < -0.3 is 9.84 Å². The molecule has 0 amide bonds. The van der Waals surface area contributed by atoms with E-state index in [1.165, 1.54) is 24.3 Å². The molecule has 0 saturated heterocycles. The number of alkyl halides is 3. The summed E-state index contributed by atoms with van der Waals surface area (Å²) in [5.74, 6) is -1.17. The van der Waals surface area contributed by atoms with Crippen LogP contribution in [-0.4, -0.2) is 11.1 Å². The number of esters is 1. The summed E-state index contributed by atoms with van der Waals surface area (Å²) in [5, 5.41) is 11.2. The van der Waals surface area contributed by atoms with Gasteiger partial charge in [0, 0.05) is 5.56 Å². The summed E-state index contributed by atoms with van der Waals surface area (Å²) in [6.07, 6.45) is -4.54. The van der Waals surface area contributed by atoms with Crippen molar-refractivity contribution in [2.24, 2.45) is 0 Å². The van der Waals surface area contributed by atoms with Gasteiger partial charge in [0.05, 0.1) is 5.56 Å². The zero-order valence-corrected chi connectivity index (χ0v) is 12.9. The van der Waals surface area contributed by atoms with Crippen LogP contribution in [0.25, 0.3) is 10.8 Å². The van der Waals surface area contributed by atoms with Gasteiger partial charge in [-0.25, -0.2) is 4.79 Å². The number of carbonyl (C=O) groups is 1. The van der Waals surface area contributed by atoms with E-state index in [1.807, 2.05) is 0 Å². The topological polar surface area (TPSA) is 46.5 Å². The molecule has 0 radical (unpaired) electrons. The van der Waals surface area contributed by atoms with E-state index >= 15 is 0 Å². The Hall–Kier alpha value is -3.02. The highest BCUT2D eigenvalue weighted by atomic mass is 19.4. The van der Waals surface area contributed by atoms with Crippen molar-refractivity contribution in [1.82, 2.24) is 0 Å². The number of fused-ring (bicyclic) bond motifs is 1. The smallest absolute Gasteiger partial charge is 0.416 e. The van der Waals surface area contributed by atoms with Gasteiger partial charge in [0.15, 0.2) is 0 Å². The maximum atomic E-state index is 13.0. The van der Waals surface area contributed by atoms with Crippen LogP contribution in [-0.2, 0) is 17.5 Å². The second kappa shape index (κ2) is 6.47. The van der Waals surface area contributed by atoms with E-state index in [0.29, 0.717) is 10.8 Å². The van der Waals surface area contributed by atoms with Gasteiger partial charge in [-0.15, -0.1) is 0 Å². The molecule has 0 saturated carbocycles. The van der Waals surface area contributed by atoms with E-state index in [-0.39, 0.29) is 16.9 Å². The Labute approximate surface area is 141 Å². The first-order chi connectivity index (χ1) is 11.9. The molecule has 128 valence electrons. The fourth-order valence-electron chi connectivity index (χ4n) is 2.61. The number of hydrogen-bond acceptors (Lipinski definition) is 3. The van der Waals surface area contributed by atoms with Crippen molar-refractivity contribution < 1.29 is 27.8 Å². The van der Waals surface area contributed by atoms with Gasteiger partial charge in [-0.3, -0.25) is 0 Å². The number of carbonyl (C=O) groups excluding carboxylic acids is 1. The summed E-state index contributed by atoms with van der Waals surface area (Å²) in [6, 6.07) is 14.7. The Morgan fingerprint density at radius 3 is 2.40 bits per heavy atom. The van der Waals surface area contributed by atoms with Gasteiger partial charge in [0.1, 0.15) is 17.9 Å². The average molecular weight is 346 g/mol. The lowest BCUT2D eigenvalue weighted by molar-refractivity contribution is -0.138. The summed E-state index contributed by atoms with van der Waals surface area (Å²) in [6.45, 7) is -0.544. The van der Waals surface area contributed by atoms with Crippen LogP contribution in [0.15, 0.2) is 60.7 Å². The monoisotopic (exact) mass is 346 g/mol. The van der Waals surface area contributed by atoms with Crippen molar-refractivity contribution in [3.05, 3.63) is 77.4 Å². The number of hydrogen-bond donors (Lipinski definition) is 1. The minimum absolute atomic E-state index is 0.0670. The van der Waals surface area contributed by atoms with E-state index in [4.69, 9.17) is 4.74 Å². The zero-order chi connectivity index (χ0) is 18.0. The standard InChI is InChI=1S/C19H13F3O3/c20-19(21,22)15-8-4-2-6-13(15)11-25-18(24)17-14-7-3-1-5-12(14)9-10-16(17)23/h1-10,23H,11H2. The second-order valence-corrected chi connectivity index (χ2v) is 5.41. The van der Waals surface area contributed by atoms with Crippen molar-refractivity contribution >= 4 is 16.7 Å². The molecule has 0 heterocycles. The molecule has 0 spiro atoms. The van der Waals surface area contributed by atoms with Gasteiger partial charge in [0.25, 0.3) is 0 Å². The molecule has 6 heteroatoms. The molecule has 0 aliphatic carbocycles. The highest BCUT2D eigenvalue weighted by molar-refractivity contribution is 6.06. The van der Waals surface area contributed by atoms with E-state index in [1.54, 1.807) is 30.3 Å². The summed E-state index contributed by atoms with van der Waals surface area (Å²) in [7, 11) is 0. The molecule has 3 rings (SSSR count). The molecule has 0 atom stereocenters. The minimum Gasteiger partial charge on any atom is -0.507 e. The van der Waals surface area contributed by atoms with Crippen molar-refractivity contribution in [2.75, 3.05) is 0 Å². The predicted molar refractivity (Wildman–Crippen MR) is 86.2 cm³/mol. The summed E-state index contributed by atoms with van der Waals surface area (Å²) in [4.78, 5) is 12.4. The first-order valence-electron chi connectivity index (χ1n) is 7.41. The normalized spacial score (nSPS) is 11.5. The quantitative estimate of drug-likeness (QED) is 0.685. The Morgan fingerprint density at radius 2 is 1.64 bits per heavy atom. The third-order valence-electron chi connectivity index (χ3n) is 3.79. The molecule has 0 aliphatic rings. The highest BCUT2D eigenvalue weighted by Gasteiger charge is 2.33. The van der Waals surface area contributed by atoms with Crippen molar-refractivity contribution in [3.63, 3.8) is 0 Å². The molecule has 0 fully saturated rings. The third-order valence-corrected chi connectivity index (χ3v) is 3.79. The molecule has 3 aromatic carbocycles. The summed E-state index contributed by atoms with van der Waals surface area (Å²) >= 11 is 0. The van der Waals surface area contributed by atoms with Crippen LogP contribution in [0.5, 0.6) is 5.75 Å². The third kappa shape index (κ3) is 3.42. The van der Waals surface area contributed by atoms with Gasteiger partial charge >= 0.3 is 12.1 Å². The van der Waals surface area contributed by atoms with Gasteiger partial charge in [-0.1, -0.05) is 48.5 Å². The zero-order valence-electron chi connectivity index (χ0n) is 12.9. The van der Waals surface area contributed by atoms with E-state index < -0.39 is 24.3 Å². The number of benzene rings is 3. The molecule has 25 heavy (non-hydrogen) atoms. The van der Waals surface area contributed by atoms with Crippen LogP contribution in [0.4, 0.5) is 13.2 Å². The molecule has 0 aromatic heterocycles. The lowest BCUT2D eigenvalue weighted by Crippen LogP contribution is -2.12. The van der Waals surface area contributed by atoms with Gasteiger partial charge in [0.2, 0.25) is 0 Å². The molecule has 3 aromatic rings. The Kier molecular flexibility index (Phi) is 4.35.